The van der Waals surface area contributed by atoms with Gasteiger partial charge in [0, 0.05) is 19.4 Å². The molecule has 2 aromatic carbocycles. The molecule has 0 spiro atoms. The fourth-order valence-electron chi connectivity index (χ4n) is 4.93. The maximum Gasteiger partial charge on any atom is 0.157 e. The van der Waals surface area contributed by atoms with Crippen molar-refractivity contribution >= 4 is 0 Å². The lowest BCUT2D eigenvalue weighted by molar-refractivity contribution is -0.218. The highest BCUT2D eigenvalue weighted by Gasteiger charge is 2.31. The third kappa shape index (κ3) is 14.2. The van der Waals surface area contributed by atoms with Crippen molar-refractivity contribution in [2.45, 2.75) is 101 Å². The molecular formula is C31H46O10. The van der Waals surface area contributed by atoms with E-state index in [1.165, 1.54) is 0 Å². The van der Waals surface area contributed by atoms with E-state index in [4.69, 9.17) is 23.7 Å². The van der Waals surface area contributed by atoms with Crippen molar-refractivity contribution in [3.8, 4) is 0 Å². The highest BCUT2D eigenvalue weighted by Crippen LogP contribution is 2.25. The maximum absolute atomic E-state index is 10.6. The second kappa shape index (κ2) is 19.3. The molecule has 1 unspecified atom stereocenters. The molecule has 1 heterocycles. The van der Waals surface area contributed by atoms with E-state index in [1.807, 2.05) is 60.7 Å². The topological polar surface area (TPSA) is 147 Å². The van der Waals surface area contributed by atoms with E-state index >= 15 is 0 Å². The Balaban J connectivity index is 1.31. The summed E-state index contributed by atoms with van der Waals surface area (Å²) < 4.78 is 28.1. The van der Waals surface area contributed by atoms with E-state index in [2.05, 4.69) is 0 Å². The van der Waals surface area contributed by atoms with Gasteiger partial charge in [-0.2, -0.15) is 0 Å². The Kier molecular flexibility index (Phi) is 15.8. The van der Waals surface area contributed by atoms with Crippen LogP contribution in [-0.4, -0.2) is 88.6 Å². The Bertz CT molecular complexity index is 918. The van der Waals surface area contributed by atoms with Gasteiger partial charge in [-0.05, 0) is 43.2 Å². The first kappa shape index (κ1) is 33.5. The number of hydrogen-bond donors (Lipinski definition) is 5. The van der Waals surface area contributed by atoms with Crippen molar-refractivity contribution in [3.63, 3.8) is 0 Å². The number of ether oxygens (including phenoxy) is 5. The van der Waals surface area contributed by atoms with Crippen molar-refractivity contribution in [1.29, 1.82) is 0 Å². The molecule has 0 saturated carbocycles. The molecule has 10 heteroatoms. The number of aliphatic hydroxyl groups is 5. The number of hydrogen-bond acceptors (Lipinski definition) is 10. The normalized spacial score (nSPS) is 22.2. The second-order valence-corrected chi connectivity index (χ2v) is 10.6. The van der Waals surface area contributed by atoms with Crippen LogP contribution < -0.4 is 0 Å². The summed E-state index contributed by atoms with van der Waals surface area (Å²) in [6.07, 6.45) is -3.25. The third-order valence-electron chi connectivity index (χ3n) is 6.95. The van der Waals surface area contributed by atoms with Crippen molar-refractivity contribution in [3.05, 3.63) is 71.8 Å². The minimum Gasteiger partial charge on any atom is -0.396 e. The molecule has 0 aromatic heterocycles. The van der Waals surface area contributed by atoms with Crippen molar-refractivity contribution in [2.75, 3.05) is 20.2 Å². The van der Waals surface area contributed by atoms with E-state index in [1.54, 1.807) is 0 Å². The van der Waals surface area contributed by atoms with Gasteiger partial charge in [-0.3, -0.25) is 0 Å². The summed E-state index contributed by atoms with van der Waals surface area (Å²) in [5, 5.41) is 51.0. The fourth-order valence-corrected chi connectivity index (χ4v) is 4.93. The van der Waals surface area contributed by atoms with Crippen LogP contribution in [0.1, 0.15) is 56.1 Å². The Labute approximate surface area is 242 Å². The van der Waals surface area contributed by atoms with E-state index in [0.717, 1.165) is 11.1 Å². The third-order valence-corrected chi connectivity index (χ3v) is 6.95. The van der Waals surface area contributed by atoms with Gasteiger partial charge in [0.2, 0.25) is 0 Å². The zero-order chi connectivity index (χ0) is 29.3. The summed E-state index contributed by atoms with van der Waals surface area (Å²) in [7, 11) is 0. The standard InChI is InChI=1S/C31H46O10/c32-12-11-28(39-21-37-19-23-7-3-1-4-8-23)15-26(34)13-25(33)14-27(35)16-30-17-29(18-31(36)41-30)40-22-38-20-24-9-5-2-6-10-24/h1-10,25-36H,11-22H2/t25-,26+,27+,28+,29+,30-,31?/m0/s1. The summed E-state index contributed by atoms with van der Waals surface area (Å²) >= 11 is 0. The highest BCUT2D eigenvalue weighted by atomic mass is 16.7. The van der Waals surface area contributed by atoms with Gasteiger partial charge < -0.3 is 49.2 Å². The quantitative estimate of drug-likeness (QED) is 0.117. The zero-order valence-electron chi connectivity index (χ0n) is 23.6. The first-order valence-electron chi connectivity index (χ1n) is 14.4. The van der Waals surface area contributed by atoms with Gasteiger partial charge in [-0.1, -0.05) is 60.7 Å². The average molecular weight is 579 g/mol. The lowest BCUT2D eigenvalue weighted by atomic mass is 9.95. The van der Waals surface area contributed by atoms with Crippen LogP contribution in [-0.2, 0) is 36.9 Å². The van der Waals surface area contributed by atoms with E-state index in [-0.39, 0.29) is 52.0 Å². The Morgan fingerprint density at radius 2 is 1.34 bits per heavy atom. The first-order valence-corrected chi connectivity index (χ1v) is 14.4. The lowest BCUT2D eigenvalue weighted by Crippen LogP contribution is -2.39. The predicted octanol–water partition coefficient (Wildman–Crippen LogP) is 2.63. The summed E-state index contributed by atoms with van der Waals surface area (Å²) in [6.45, 7) is 0.813. The average Bonchev–Trinajstić information content (AvgIpc) is 2.94. The van der Waals surface area contributed by atoms with Crippen LogP contribution in [0.2, 0.25) is 0 Å². The molecule has 1 saturated heterocycles. The molecule has 41 heavy (non-hydrogen) atoms. The predicted molar refractivity (Wildman–Crippen MR) is 150 cm³/mol. The monoisotopic (exact) mass is 578 g/mol. The summed E-state index contributed by atoms with van der Waals surface area (Å²) in [4.78, 5) is 0. The molecule has 1 aliphatic heterocycles. The molecule has 10 nitrogen and oxygen atoms in total. The first-order chi connectivity index (χ1) is 19.9. The molecular weight excluding hydrogens is 532 g/mol. The van der Waals surface area contributed by atoms with Gasteiger partial charge >= 0.3 is 0 Å². The Hall–Kier alpha value is -1.96. The van der Waals surface area contributed by atoms with E-state index < -0.39 is 36.8 Å². The molecule has 230 valence electrons. The minimum absolute atomic E-state index is 0.0185. The van der Waals surface area contributed by atoms with E-state index in [0.29, 0.717) is 32.5 Å². The number of benzene rings is 2. The largest absolute Gasteiger partial charge is 0.396 e. The fraction of sp³-hybridized carbons (Fsp3) is 0.613. The van der Waals surface area contributed by atoms with Crippen LogP contribution in [0, 0.1) is 0 Å². The lowest BCUT2D eigenvalue weighted by Gasteiger charge is -2.34. The van der Waals surface area contributed by atoms with Crippen LogP contribution in [0.15, 0.2) is 60.7 Å². The van der Waals surface area contributed by atoms with Crippen LogP contribution in [0.25, 0.3) is 0 Å². The molecule has 0 radical (unpaired) electrons. The Morgan fingerprint density at radius 1 is 0.756 bits per heavy atom. The molecule has 0 aliphatic carbocycles. The molecule has 7 atom stereocenters. The van der Waals surface area contributed by atoms with Crippen LogP contribution in [0.5, 0.6) is 0 Å². The summed E-state index contributed by atoms with van der Waals surface area (Å²) in [5.41, 5.74) is 2.05. The smallest absolute Gasteiger partial charge is 0.157 e. The molecule has 2 aromatic rings. The van der Waals surface area contributed by atoms with Crippen LogP contribution in [0.3, 0.4) is 0 Å². The molecule has 3 rings (SSSR count). The van der Waals surface area contributed by atoms with Crippen molar-refractivity contribution < 1.29 is 49.2 Å². The Morgan fingerprint density at radius 3 is 1.98 bits per heavy atom. The molecule has 1 aliphatic rings. The van der Waals surface area contributed by atoms with Crippen LogP contribution in [0.4, 0.5) is 0 Å². The molecule has 0 bridgehead atoms. The van der Waals surface area contributed by atoms with Gasteiger partial charge in [0.25, 0.3) is 0 Å². The molecule has 5 N–H and O–H groups in total. The highest BCUT2D eigenvalue weighted by molar-refractivity contribution is 5.14. The minimum atomic E-state index is -1.01. The SMILES string of the molecule is OCC[C@H](C[C@H](O)C[C@H](O)C[C@@H](O)C[C@H]1C[C@@H](OCOCc2ccccc2)CC(O)O1)OCOCc1ccccc1. The second-order valence-electron chi connectivity index (χ2n) is 10.6. The summed E-state index contributed by atoms with van der Waals surface area (Å²) in [6, 6.07) is 19.4. The van der Waals surface area contributed by atoms with Gasteiger partial charge in [0.15, 0.2) is 6.29 Å². The number of rotatable bonds is 20. The number of aliphatic hydroxyl groups excluding tert-OH is 5. The van der Waals surface area contributed by atoms with Crippen molar-refractivity contribution in [2.24, 2.45) is 0 Å². The maximum atomic E-state index is 10.6. The van der Waals surface area contributed by atoms with Gasteiger partial charge in [0.05, 0.1) is 49.8 Å². The van der Waals surface area contributed by atoms with Gasteiger partial charge in [-0.25, -0.2) is 0 Å². The van der Waals surface area contributed by atoms with E-state index in [9.17, 15) is 25.5 Å². The molecule has 0 amide bonds. The van der Waals surface area contributed by atoms with Gasteiger partial charge in [-0.15, -0.1) is 0 Å². The summed E-state index contributed by atoms with van der Waals surface area (Å²) in [5.74, 6) is 0. The molecule has 1 fully saturated rings. The van der Waals surface area contributed by atoms with Crippen molar-refractivity contribution in [1.82, 2.24) is 0 Å². The zero-order valence-corrected chi connectivity index (χ0v) is 23.6. The van der Waals surface area contributed by atoms with Gasteiger partial charge in [0.1, 0.15) is 13.6 Å². The van der Waals surface area contributed by atoms with Crippen LogP contribution >= 0.6 is 0 Å².